The third kappa shape index (κ3) is 4.64. The maximum atomic E-state index is 13.4. The van der Waals surface area contributed by atoms with Gasteiger partial charge < -0.3 is 20.3 Å². The number of carbonyl (C=O) groups excluding carboxylic acids is 5. The van der Waals surface area contributed by atoms with Gasteiger partial charge in [0.15, 0.2) is 11.6 Å². The van der Waals surface area contributed by atoms with E-state index in [1.807, 2.05) is 0 Å². The zero-order chi connectivity index (χ0) is 23.7. The average molecular weight is 458 g/mol. The van der Waals surface area contributed by atoms with Crippen molar-refractivity contribution in [2.45, 2.75) is 64.0 Å². The second-order valence-electron chi connectivity index (χ2n) is 9.59. The van der Waals surface area contributed by atoms with Crippen LogP contribution in [-0.2, 0) is 14.4 Å². The molecule has 5 atom stereocenters. The van der Waals surface area contributed by atoms with E-state index in [1.165, 1.54) is 19.2 Å². The molecule has 1 aromatic heterocycles. The lowest BCUT2D eigenvalue weighted by Crippen LogP contribution is -2.53. The van der Waals surface area contributed by atoms with Crippen molar-refractivity contribution in [3.63, 3.8) is 0 Å². The topological polar surface area (TPSA) is 137 Å². The predicted molar refractivity (Wildman–Crippen MR) is 117 cm³/mol. The summed E-state index contributed by atoms with van der Waals surface area (Å²) in [6.07, 6.45) is 6.30. The number of aromatic amines is 1. The van der Waals surface area contributed by atoms with Crippen molar-refractivity contribution < 1.29 is 29.1 Å². The van der Waals surface area contributed by atoms with E-state index in [9.17, 15) is 29.1 Å². The number of H-pyrrole nitrogens is 1. The maximum absolute atomic E-state index is 13.4. The minimum Gasteiger partial charge on any atom is -0.389 e. The first-order valence-corrected chi connectivity index (χ1v) is 11.8. The number of aliphatic hydroxyl groups excluding tert-OH is 1. The van der Waals surface area contributed by atoms with Crippen LogP contribution in [-0.4, -0.2) is 69.4 Å². The Bertz CT molecular complexity index is 969. The first kappa shape index (κ1) is 23.4. The second-order valence-corrected chi connectivity index (χ2v) is 9.59. The first-order valence-electron chi connectivity index (χ1n) is 11.8. The van der Waals surface area contributed by atoms with Gasteiger partial charge in [-0.3, -0.25) is 24.0 Å². The standard InChI is InChI=1S/C24H31N3O6/c1-13(29)16-9-19(25-10-16)24(33)27-11-15-5-2-6-17(15)22(27)23(32)26-18(21(31)12-28)8-14-4-3-7-20(14)30/h9-10,14-15,17-18,22,25,28H,2-8,11-12H2,1H3,(H,26,32)/t14-,15-,17-,18-,22-/m0/s1. The molecule has 2 saturated carbocycles. The number of carbonyl (C=O) groups is 5. The maximum Gasteiger partial charge on any atom is 0.270 e. The number of Topliss-reactive ketones (excluding diaryl/α,β-unsaturated/α-hetero) is 3. The van der Waals surface area contributed by atoms with Gasteiger partial charge in [-0.05, 0) is 56.9 Å². The molecule has 1 aromatic rings. The number of aliphatic hydroxyl groups is 1. The molecule has 3 aliphatic rings. The summed E-state index contributed by atoms with van der Waals surface area (Å²) in [4.78, 5) is 67.2. The van der Waals surface area contributed by atoms with Gasteiger partial charge >= 0.3 is 0 Å². The fourth-order valence-electron chi connectivity index (χ4n) is 5.79. The van der Waals surface area contributed by atoms with Crippen LogP contribution < -0.4 is 5.32 Å². The lowest BCUT2D eigenvalue weighted by atomic mass is 9.91. The summed E-state index contributed by atoms with van der Waals surface area (Å²) >= 11 is 0. The molecule has 3 fully saturated rings. The molecule has 3 N–H and O–H groups in total. The van der Waals surface area contributed by atoms with Crippen LogP contribution in [0.1, 0.15) is 72.7 Å². The van der Waals surface area contributed by atoms with Gasteiger partial charge in [-0.25, -0.2) is 0 Å². The lowest BCUT2D eigenvalue weighted by molar-refractivity contribution is -0.133. The highest BCUT2D eigenvalue weighted by Gasteiger charge is 2.50. The van der Waals surface area contributed by atoms with Crippen LogP contribution in [0.5, 0.6) is 0 Å². The minimum atomic E-state index is -0.957. The van der Waals surface area contributed by atoms with E-state index in [0.717, 1.165) is 25.7 Å². The fraction of sp³-hybridized carbons (Fsp3) is 0.625. The number of nitrogens with one attached hydrogen (secondary N) is 2. The highest BCUT2D eigenvalue weighted by Crippen LogP contribution is 2.43. The number of hydrogen-bond donors (Lipinski definition) is 3. The first-order chi connectivity index (χ1) is 15.8. The van der Waals surface area contributed by atoms with Gasteiger partial charge in [0.1, 0.15) is 24.1 Å². The zero-order valence-corrected chi connectivity index (χ0v) is 18.8. The van der Waals surface area contributed by atoms with Crippen molar-refractivity contribution in [3.8, 4) is 0 Å². The van der Waals surface area contributed by atoms with E-state index < -0.39 is 30.4 Å². The molecule has 2 aliphatic carbocycles. The van der Waals surface area contributed by atoms with Crippen molar-refractivity contribution in [3.05, 3.63) is 23.5 Å². The number of amides is 2. The summed E-state index contributed by atoms with van der Waals surface area (Å²) in [6.45, 7) is 1.14. The molecule has 0 aromatic carbocycles. The number of likely N-dealkylation sites (tertiary alicyclic amines) is 1. The largest absolute Gasteiger partial charge is 0.389 e. The summed E-state index contributed by atoms with van der Waals surface area (Å²) in [5.74, 6) is -1.48. The molecule has 1 saturated heterocycles. The predicted octanol–water partition coefficient (Wildman–Crippen LogP) is 1.26. The van der Waals surface area contributed by atoms with Gasteiger partial charge in [0.2, 0.25) is 5.91 Å². The lowest BCUT2D eigenvalue weighted by Gasteiger charge is -2.29. The Kier molecular flexibility index (Phi) is 6.78. The summed E-state index contributed by atoms with van der Waals surface area (Å²) in [7, 11) is 0. The molecular weight excluding hydrogens is 426 g/mol. The number of hydrogen-bond acceptors (Lipinski definition) is 6. The molecular formula is C24H31N3O6. The van der Waals surface area contributed by atoms with Crippen LogP contribution in [0.15, 0.2) is 12.3 Å². The molecule has 1 aliphatic heterocycles. The Morgan fingerprint density at radius 3 is 2.64 bits per heavy atom. The normalized spacial score (nSPS) is 27.5. The molecule has 178 valence electrons. The SMILES string of the molecule is CC(=O)c1c[nH]c(C(=O)N2C[C@@H]3CCC[C@@H]3[C@H]2C(=O)N[C@@H](C[C@@H]2CCCC2=O)C(=O)CO)c1. The van der Waals surface area contributed by atoms with E-state index in [2.05, 4.69) is 10.3 Å². The van der Waals surface area contributed by atoms with Crippen molar-refractivity contribution in [1.29, 1.82) is 0 Å². The molecule has 2 amide bonds. The van der Waals surface area contributed by atoms with Gasteiger partial charge in [0.25, 0.3) is 5.91 Å². The van der Waals surface area contributed by atoms with Gasteiger partial charge in [-0.1, -0.05) is 6.42 Å². The Labute approximate surface area is 192 Å². The molecule has 33 heavy (non-hydrogen) atoms. The molecule has 4 rings (SSSR count). The van der Waals surface area contributed by atoms with E-state index >= 15 is 0 Å². The van der Waals surface area contributed by atoms with Crippen LogP contribution in [0.25, 0.3) is 0 Å². The molecule has 0 bridgehead atoms. The van der Waals surface area contributed by atoms with Crippen molar-refractivity contribution in [2.75, 3.05) is 13.2 Å². The molecule has 0 radical (unpaired) electrons. The Morgan fingerprint density at radius 2 is 2.00 bits per heavy atom. The smallest absolute Gasteiger partial charge is 0.270 e. The summed E-state index contributed by atoms with van der Waals surface area (Å²) in [5.41, 5.74) is 0.645. The molecule has 9 nitrogen and oxygen atoms in total. The van der Waals surface area contributed by atoms with Crippen molar-refractivity contribution in [2.24, 2.45) is 17.8 Å². The summed E-state index contributed by atoms with van der Waals surface area (Å²) in [6, 6.07) is -0.193. The zero-order valence-electron chi connectivity index (χ0n) is 18.8. The van der Waals surface area contributed by atoms with Crippen LogP contribution in [0.4, 0.5) is 0 Å². The van der Waals surface area contributed by atoms with Crippen molar-refractivity contribution >= 4 is 29.2 Å². The Balaban J connectivity index is 1.54. The second kappa shape index (κ2) is 9.59. The number of fused-ring (bicyclic) bond motifs is 1. The van der Waals surface area contributed by atoms with Gasteiger partial charge in [-0.15, -0.1) is 0 Å². The Hall–Kier alpha value is -2.81. The molecule has 0 unspecified atom stereocenters. The molecule has 2 heterocycles. The van der Waals surface area contributed by atoms with Gasteiger partial charge in [0, 0.05) is 30.6 Å². The van der Waals surface area contributed by atoms with Crippen LogP contribution in [0.2, 0.25) is 0 Å². The van der Waals surface area contributed by atoms with Crippen LogP contribution in [0.3, 0.4) is 0 Å². The third-order valence-corrected chi connectivity index (χ3v) is 7.55. The van der Waals surface area contributed by atoms with Gasteiger partial charge in [-0.2, -0.15) is 0 Å². The quantitative estimate of drug-likeness (QED) is 0.503. The highest BCUT2D eigenvalue weighted by molar-refractivity contribution is 6.01. The summed E-state index contributed by atoms with van der Waals surface area (Å²) in [5, 5.41) is 12.2. The highest BCUT2D eigenvalue weighted by atomic mass is 16.3. The van der Waals surface area contributed by atoms with Gasteiger partial charge in [0.05, 0.1) is 6.04 Å². The molecule has 0 spiro atoms. The van der Waals surface area contributed by atoms with E-state index in [4.69, 9.17) is 0 Å². The van der Waals surface area contributed by atoms with E-state index in [-0.39, 0.29) is 47.3 Å². The van der Waals surface area contributed by atoms with Crippen molar-refractivity contribution in [1.82, 2.24) is 15.2 Å². The Morgan fingerprint density at radius 1 is 1.21 bits per heavy atom. The monoisotopic (exact) mass is 457 g/mol. The minimum absolute atomic E-state index is 0.00539. The van der Waals surface area contributed by atoms with E-state index in [1.54, 1.807) is 4.90 Å². The van der Waals surface area contributed by atoms with E-state index in [0.29, 0.717) is 24.9 Å². The number of rotatable bonds is 8. The number of nitrogens with zero attached hydrogens (tertiary/aromatic N) is 1. The molecule has 9 heteroatoms. The fourth-order valence-corrected chi connectivity index (χ4v) is 5.79. The summed E-state index contributed by atoms with van der Waals surface area (Å²) < 4.78 is 0. The average Bonchev–Trinajstić information content (AvgIpc) is 3.56. The van der Waals surface area contributed by atoms with Crippen LogP contribution >= 0.6 is 0 Å². The number of ketones is 3. The third-order valence-electron chi connectivity index (χ3n) is 7.55. The number of aromatic nitrogens is 1. The van der Waals surface area contributed by atoms with Crippen LogP contribution in [0, 0.1) is 17.8 Å².